The Labute approximate surface area is 130 Å². The maximum absolute atomic E-state index is 12.7. The SMILES string of the molecule is Nc1cc(Cl)ccc1NC(=O)C1C2CC3CC(C2)CC1C3. The fourth-order valence-electron chi connectivity index (χ4n) is 5.22. The highest BCUT2D eigenvalue weighted by Crippen LogP contribution is 2.56. The molecular formula is C17H21ClN2O. The molecule has 0 unspecified atom stereocenters. The molecule has 21 heavy (non-hydrogen) atoms. The summed E-state index contributed by atoms with van der Waals surface area (Å²) in [6, 6.07) is 5.25. The maximum Gasteiger partial charge on any atom is 0.228 e. The molecule has 4 fully saturated rings. The molecule has 112 valence electrons. The van der Waals surface area contributed by atoms with Crippen molar-refractivity contribution < 1.29 is 4.79 Å². The first-order valence-corrected chi connectivity index (χ1v) is 8.34. The average molecular weight is 305 g/mol. The number of amides is 1. The van der Waals surface area contributed by atoms with E-state index in [0.29, 0.717) is 28.2 Å². The Hall–Kier alpha value is -1.22. The molecule has 4 bridgehead atoms. The number of benzene rings is 1. The summed E-state index contributed by atoms with van der Waals surface area (Å²) in [5, 5.41) is 3.64. The zero-order valence-corrected chi connectivity index (χ0v) is 12.8. The Balaban J connectivity index is 1.52. The van der Waals surface area contributed by atoms with Gasteiger partial charge in [-0.05, 0) is 74.0 Å². The molecule has 1 aromatic rings. The Kier molecular flexibility index (Phi) is 3.14. The number of carbonyl (C=O) groups is 1. The normalized spacial score (nSPS) is 36.7. The van der Waals surface area contributed by atoms with Crippen LogP contribution in [0.25, 0.3) is 0 Å². The van der Waals surface area contributed by atoms with Crippen LogP contribution in [0.4, 0.5) is 11.4 Å². The lowest BCUT2D eigenvalue weighted by molar-refractivity contribution is -0.132. The van der Waals surface area contributed by atoms with Gasteiger partial charge in [0.05, 0.1) is 11.4 Å². The van der Waals surface area contributed by atoms with Crippen molar-refractivity contribution in [2.45, 2.75) is 32.1 Å². The molecule has 4 saturated carbocycles. The van der Waals surface area contributed by atoms with E-state index >= 15 is 0 Å². The summed E-state index contributed by atoms with van der Waals surface area (Å²) in [6.07, 6.45) is 6.41. The van der Waals surface area contributed by atoms with Gasteiger partial charge in [-0.2, -0.15) is 0 Å². The predicted octanol–water partition coefficient (Wildman–Crippen LogP) is 3.93. The number of rotatable bonds is 2. The number of hydrogen-bond acceptors (Lipinski definition) is 2. The number of nitrogens with one attached hydrogen (secondary N) is 1. The third kappa shape index (κ3) is 2.32. The molecule has 0 atom stereocenters. The standard InChI is InChI=1S/C17H21ClN2O/c18-13-1-2-15(14(19)8-13)20-17(21)16-11-4-9-3-10(6-11)7-12(16)5-9/h1-2,8-12,16H,3-7,19H2,(H,20,21). The van der Waals surface area contributed by atoms with Crippen molar-refractivity contribution in [1.82, 2.24) is 0 Å². The third-order valence-electron chi connectivity index (χ3n) is 5.80. The van der Waals surface area contributed by atoms with Gasteiger partial charge >= 0.3 is 0 Å². The van der Waals surface area contributed by atoms with E-state index < -0.39 is 0 Å². The second-order valence-electron chi connectivity index (χ2n) is 7.18. The summed E-state index contributed by atoms with van der Waals surface area (Å²) in [6.45, 7) is 0. The van der Waals surface area contributed by atoms with Crippen molar-refractivity contribution in [3.63, 3.8) is 0 Å². The molecule has 4 heteroatoms. The minimum atomic E-state index is 0.165. The molecule has 3 nitrogen and oxygen atoms in total. The Morgan fingerprint density at radius 2 is 1.71 bits per heavy atom. The minimum absolute atomic E-state index is 0.165. The molecule has 3 N–H and O–H groups in total. The van der Waals surface area contributed by atoms with Gasteiger partial charge in [-0.1, -0.05) is 11.6 Å². The van der Waals surface area contributed by atoms with Gasteiger partial charge < -0.3 is 11.1 Å². The minimum Gasteiger partial charge on any atom is -0.397 e. The summed E-state index contributed by atoms with van der Waals surface area (Å²) in [5.74, 6) is 3.31. The van der Waals surface area contributed by atoms with Crippen molar-refractivity contribution in [2.24, 2.45) is 29.6 Å². The largest absolute Gasteiger partial charge is 0.397 e. The highest BCUT2D eigenvalue weighted by atomic mass is 35.5. The zero-order valence-electron chi connectivity index (χ0n) is 12.0. The fraction of sp³-hybridized carbons (Fsp3) is 0.588. The monoisotopic (exact) mass is 304 g/mol. The van der Waals surface area contributed by atoms with Crippen LogP contribution in [-0.4, -0.2) is 5.91 Å². The highest BCUT2D eigenvalue weighted by Gasteiger charge is 2.50. The maximum atomic E-state index is 12.7. The van der Waals surface area contributed by atoms with Crippen LogP contribution in [-0.2, 0) is 4.79 Å². The second kappa shape index (κ2) is 4.91. The first-order chi connectivity index (χ1) is 10.1. The number of nitrogen functional groups attached to an aromatic ring is 1. The van der Waals surface area contributed by atoms with Crippen LogP contribution in [0.15, 0.2) is 18.2 Å². The van der Waals surface area contributed by atoms with Crippen molar-refractivity contribution in [2.75, 3.05) is 11.1 Å². The molecule has 1 aromatic carbocycles. The Bertz CT molecular complexity index is 558. The summed E-state index contributed by atoms with van der Waals surface area (Å²) >= 11 is 5.91. The molecule has 1 amide bonds. The number of carbonyl (C=O) groups excluding carboxylic acids is 1. The molecule has 0 aromatic heterocycles. The number of hydrogen-bond donors (Lipinski definition) is 2. The Morgan fingerprint density at radius 3 is 2.29 bits per heavy atom. The lowest BCUT2D eigenvalue weighted by Crippen LogP contribution is -2.49. The van der Waals surface area contributed by atoms with Gasteiger partial charge in [0, 0.05) is 10.9 Å². The van der Waals surface area contributed by atoms with E-state index in [9.17, 15) is 4.79 Å². The molecule has 0 saturated heterocycles. The van der Waals surface area contributed by atoms with Crippen molar-refractivity contribution in [3.05, 3.63) is 23.2 Å². The molecule has 0 radical (unpaired) electrons. The number of anilines is 2. The molecule has 4 aliphatic carbocycles. The van der Waals surface area contributed by atoms with Crippen LogP contribution in [0.2, 0.25) is 5.02 Å². The van der Waals surface area contributed by atoms with Crippen LogP contribution in [0.1, 0.15) is 32.1 Å². The topological polar surface area (TPSA) is 55.1 Å². The van der Waals surface area contributed by atoms with Gasteiger partial charge in [0.15, 0.2) is 0 Å². The average Bonchev–Trinajstić information content (AvgIpc) is 2.40. The van der Waals surface area contributed by atoms with Crippen LogP contribution in [0, 0.1) is 29.6 Å². The lowest BCUT2D eigenvalue weighted by atomic mass is 9.51. The van der Waals surface area contributed by atoms with Crippen molar-refractivity contribution in [1.29, 1.82) is 0 Å². The van der Waals surface area contributed by atoms with Crippen molar-refractivity contribution in [3.8, 4) is 0 Å². The Morgan fingerprint density at radius 1 is 1.10 bits per heavy atom. The summed E-state index contributed by atoms with van der Waals surface area (Å²) in [7, 11) is 0. The van der Waals surface area contributed by atoms with E-state index in [1.54, 1.807) is 18.2 Å². The van der Waals surface area contributed by atoms with E-state index in [4.69, 9.17) is 17.3 Å². The van der Waals surface area contributed by atoms with Crippen LogP contribution in [0.3, 0.4) is 0 Å². The van der Waals surface area contributed by atoms with Gasteiger partial charge in [-0.15, -0.1) is 0 Å². The van der Waals surface area contributed by atoms with Gasteiger partial charge in [0.1, 0.15) is 0 Å². The molecule has 5 rings (SSSR count). The summed E-state index contributed by atoms with van der Waals surface area (Å²) in [5.41, 5.74) is 7.18. The highest BCUT2D eigenvalue weighted by molar-refractivity contribution is 6.31. The van der Waals surface area contributed by atoms with E-state index in [0.717, 1.165) is 11.8 Å². The smallest absolute Gasteiger partial charge is 0.228 e. The quantitative estimate of drug-likeness (QED) is 0.813. The first kappa shape index (κ1) is 13.4. The molecule has 0 aliphatic heterocycles. The lowest BCUT2D eigenvalue weighted by Gasteiger charge is -2.53. The van der Waals surface area contributed by atoms with Gasteiger partial charge in [-0.25, -0.2) is 0 Å². The summed E-state index contributed by atoms with van der Waals surface area (Å²) in [4.78, 5) is 12.7. The van der Waals surface area contributed by atoms with Gasteiger partial charge in [0.2, 0.25) is 5.91 Å². The van der Waals surface area contributed by atoms with E-state index in [1.807, 2.05) is 0 Å². The molecule has 0 spiro atoms. The van der Waals surface area contributed by atoms with Crippen molar-refractivity contribution >= 4 is 28.9 Å². The van der Waals surface area contributed by atoms with Crippen LogP contribution >= 0.6 is 11.6 Å². The number of halogens is 1. The number of nitrogens with two attached hydrogens (primary N) is 1. The predicted molar refractivity (Wildman–Crippen MR) is 85.0 cm³/mol. The first-order valence-electron chi connectivity index (χ1n) is 7.96. The van der Waals surface area contributed by atoms with E-state index in [1.165, 1.54) is 32.1 Å². The van der Waals surface area contributed by atoms with Crippen LogP contribution in [0.5, 0.6) is 0 Å². The van der Waals surface area contributed by atoms with Crippen LogP contribution < -0.4 is 11.1 Å². The summed E-state index contributed by atoms with van der Waals surface area (Å²) < 4.78 is 0. The third-order valence-corrected chi connectivity index (χ3v) is 6.04. The molecule has 0 heterocycles. The zero-order chi connectivity index (χ0) is 14.6. The van der Waals surface area contributed by atoms with E-state index in [-0.39, 0.29) is 11.8 Å². The van der Waals surface area contributed by atoms with E-state index in [2.05, 4.69) is 5.32 Å². The molecule has 4 aliphatic rings. The van der Waals surface area contributed by atoms with Gasteiger partial charge in [0.25, 0.3) is 0 Å². The fourth-order valence-corrected chi connectivity index (χ4v) is 5.40. The molecular weight excluding hydrogens is 284 g/mol. The van der Waals surface area contributed by atoms with Gasteiger partial charge in [-0.3, -0.25) is 4.79 Å². The second-order valence-corrected chi connectivity index (χ2v) is 7.61.